The SMILES string of the molecule is C=C(F)C(=O)N(Cc1nccs1)CC1CCOC1. The molecule has 0 aliphatic carbocycles. The number of hydrogen-bond acceptors (Lipinski definition) is 4. The molecule has 1 aromatic heterocycles. The second kappa shape index (κ2) is 6.06. The number of carbonyl (C=O) groups is 1. The van der Waals surface area contributed by atoms with Gasteiger partial charge < -0.3 is 9.64 Å². The molecule has 2 heterocycles. The van der Waals surface area contributed by atoms with Crippen molar-refractivity contribution in [3.8, 4) is 0 Å². The van der Waals surface area contributed by atoms with E-state index in [1.54, 1.807) is 6.20 Å². The summed E-state index contributed by atoms with van der Waals surface area (Å²) < 4.78 is 18.3. The number of halogens is 1. The third-order valence-electron chi connectivity index (χ3n) is 2.83. The van der Waals surface area contributed by atoms with E-state index in [-0.39, 0.29) is 5.92 Å². The summed E-state index contributed by atoms with van der Waals surface area (Å²) in [5, 5.41) is 2.63. The molecule has 4 nitrogen and oxygen atoms in total. The summed E-state index contributed by atoms with van der Waals surface area (Å²) in [5.74, 6) is -1.31. The van der Waals surface area contributed by atoms with Crippen LogP contribution < -0.4 is 0 Å². The Morgan fingerprint density at radius 1 is 1.72 bits per heavy atom. The first-order valence-corrected chi connectivity index (χ1v) is 6.64. The highest BCUT2D eigenvalue weighted by Crippen LogP contribution is 2.18. The summed E-state index contributed by atoms with van der Waals surface area (Å²) in [6, 6.07) is 0. The number of carbonyl (C=O) groups excluding carboxylic acids is 1. The van der Waals surface area contributed by atoms with Crippen LogP contribution >= 0.6 is 11.3 Å². The average Bonchev–Trinajstić information content (AvgIpc) is 2.99. The van der Waals surface area contributed by atoms with E-state index in [0.717, 1.165) is 11.4 Å². The van der Waals surface area contributed by atoms with Gasteiger partial charge in [0.25, 0.3) is 5.91 Å². The van der Waals surface area contributed by atoms with Crippen molar-refractivity contribution in [1.29, 1.82) is 0 Å². The van der Waals surface area contributed by atoms with E-state index in [2.05, 4.69) is 11.6 Å². The van der Waals surface area contributed by atoms with Crippen LogP contribution in [0.5, 0.6) is 0 Å². The predicted molar refractivity (Wildman–Crippen MR) is 66.7 cm³/mol. The van der Waals surface area contributed by atoms with Crippen LogP contribution in [0.2, 0.25) is 0 Å². The molecular weight excluding hydrogens is 255 g/mol. The predicted octanol–water partition coefficient (Wildman–Crippen LogP) is 1.99. The summed E-state index contributed by atoms with van der Waals surface area (Å²) in [7, 11) is 0. The maximum absolute atomic E-state index is 13.0. The third kappa shape index (κ3) is 3.36. The van der Waals surface area contributed by atoms with E-state index in [1.165, 1.54) is 16.2 Å². The van der Waals surface area contributed by atoms with Crippen molar-refractivity contribution in [1.82, 2.24) is 9.88 Å². The van der Waals surface area contributed by atoms with Gasteiger partial charge in [0.15, 0.2) is 5.83 Å². The Kier molecular flexibility index (Phi) is 4.43. The smallest absolute Gasteiger partial charge is 0.282 e. The van der Waals surface area contributed by atoms with Gasteiger partial charge in [0.1, 0.15) is 5.01 Å². The number of rotatable bonds is 5. The lowest BCUT2D eigenvalue weighted by Gasteiger charge is -2.23. The first-order valence-electron chi connectivity index (χ1n) is 5.76. The van der Waals surface area contributed by atoms with Gasteiger partial charge in [-0.05, 0) is 6.42 Å². The molecule has 1 amide bonds. The van der Waals surface area contributed by atoms with Crippen molar-refractivity contribution in [3.05, 3.63) is 29.0 Å². The Hall–Kier alpha value is -1.27. The Morgan fingerprint density at radius 3 is 3.11 bits per heavy atom. The Balaban J connectivity index is 2.01. The number of amides is 1. The van der Waals surface area contributed by atoms with Crippen LogP contribution in [0.1, 0.15) is 11.4 Å². The molecule has 0 bridgehead atoms. The zero-order chi connectivity index (χ0) is 13.0. The van der Waals surface area contributed by atoms with Gasteiger partial charge in [-0.1, -0.05) is 6.58 Å². The maximum Gasteiger partial charge on any atom is 0.282 e. The zero-order valence-corrected chi connectivity index (χ0v) is 10.8. The van der Waals surface area contributed by atoms with Crippen molar-refractivity contribution >= 4 is 17.2 Å². The molecule has 1 unspecified atom stereocenters. The van der Waals surface area contributed by atoms with E-state index in [0.29, 0.717) is 26.3 Å². The molecule has 98 valence electrons. The molecule has 1 saturated heterocycles. The average molecular weight is 270 g/mol. The van der Waals surface area contributed by atoms with Crippen LogP contribution in [0.15, 0.2) is 24.0 Å². The maximum atomic E-state index is 13.0. The molecule has 0 aromatic carbocycles. The van der Waals surface area contributed by atoms with Crippen LogP contribution in [-0.2, 0) is 16.1 Å². The lowest BCUT2D eigenvalue weighted by molar-refractivity contribution is -0.129. The van der Waals surface area contributed by atoms with Crippen molar-refractivity contribution in [2.75, 3.05) is 19.8 Å². The third-order valence-corrected chi connectivity index (χ3v) is 3.60. The molecule has 0 saturated carbocycles. The van der Waals surface area contributed by atoms with Gasteiger partial charge in [-0.15, -0.1) is 11.3 Å². The summed E-state index contributed by atoms with van der Waals surface area (Å²) in [6.45, 7) is 5.22. The second-order valence-electron chi connectivity index (χ2n) is 4.25. The minimum Gasteiger partial charge on any atom is -0.381 e. The molecular formula is C12H15FN2O2S. The Labute approximate surface area is 109 Å². The van der Waals surface area contributed by atoms with Crippen molar-refractivity contribution in [2.45, 2.75) is 13.0 Å². The summed E-state index contributed by atoms with van der Waals surface area (Å²) in [5.41, 5.74) is 0. The van der Waals surface area contributed by atoms with Crippen LogP contribution in [0.4, 0.5) is 4.39 Å². The van der Waals surface area contributed by atoms with Gasteiger partial charge in [-0.2, -0.15) is 0 Å². The molecule has 1 fully saturated rings. The number of thiazole rings is 1. The van der Waals surface area contributed by atoms with Gasteiger partial charge in [0.05, 0.1) is 13.2 Å². The number of ether oxygens (including phenoxy) is 1. The lowest BCUT2D eigenvalue weighted by atomic mass is 10.1. The standard InChI is InChI=1S/C12H15FN2O2S/c1-9(13)12(16)15(6-10-2-4-17-8-10)7-11-14-3-5-18-11/h3,5,10H,1-2,4,6-8H2. The van der Waals surface area contributed by atoms with Crippen molar-refractivity contribution < 1.29 is 13.9 Å². The molecule has 1 aromatic rings. The lowest BCUT2D eigenvalue weighted by Crippen LogP contribution is -2.35. The van der Waals surface area contributed by atoms with Crippen LogP contribution in [0.25, 0.3) is 0 Å². The highest BCUT2D eigenvalue weighted by atomic mass is 32.1. The second-order valence-corrected chi connectivity index (χ2v) is 5.23. The topological polar surface area (TPSA) is 42.4 Å². The van der Waals surface area contributed by atoms with E-state index in [1.807, 2.05) is 5.38 Å². The van der Waals surface area contributed by atoms with E-state index < -0.39 is 11.7 Å². The quantitative estimate of drug-likeness (QED) is 0.768. The molecule has 6 heteroatoms. The van der Waals surface area contributed by atoms with Gasteiger partial charge >= 0.3 is 0 Å². The Morgan fingerprint density at radius 2 is 2.56 bits per heavy atom. The van der Waals surface area contributed by atoms with Crippen molar-refractivity contribution in [3.63, 3.8) is 0 Å². The largest absolute Gasteiger partial charge is 0.381 e. The molecule has 0 radical (unpaired) electrons. The van der Waals surface area contributed by atoms with Crippen molar-refractivity contribution in [2.24, 2.45) is 5.92 Å². The number of nitrogens with zero attached hydrogens (tertiary/aromatic N) is 2. The molecule has 0 spiro atoms. The number of aromatic nitrogens is 1. The monoisotopic (exact) mass is 270 g/mol. The normalized spacial score (nSPS) is 18.8. The molecule has 1 aliphatic rings. The van der Waals surface area contributed by atoms with Gasteiger partial charge in [-0.25, -0.2) is 9.37 Å². The highest BCUT2D eigenvalue weighted by molar-refractivity contribution is 7.09. The summed E-state index contributed by atoms with van der Waals surface area (Å²) in [4.78, 5) is 17.3. The molecule has 1 aliphatic heterocycles. The molecule has 0 N–H and O–H groups in total. The Bertz CT molecular complexity index is 416. The molecule has 18 heavy (non-hydrogen) atoms. The zero-order valence-electron chi connectivity index (χ0n) is 9.97. The first-order chi connectivity index (χ1) is 8.66. The first kappa shape index (κ1) is 13.2. The minimum atomic E-state index is -0.925. The van der Waals surface area contributed by atoms with Crippen LogP contribution in [-0.4, -0.2) is 35.5 Å². The minimum absolute atomic E-state index is 0.272. The van der Waals surface area contributed by atoms with E-state index in [4.69, 9.17) is 4.74 Å². The summed E-state index contributed by atoms with van der Waals surface area (Å²) in [6.07, 6.45) is 2.58. The van der Waals surface area contributed by atoms with Gasteiger partial charge in [0, 0.05) is 30.6 Å². The van der Waals surface area contributed by atoms with E-state index >= 15 is 0 Å². The molecule has 1 atom stereocenters. The van der Waals surface area contributed by atoms with Crippen LogP contribution in [0, 0.1) is 5.92 Å². The van der Waals surface area contributed by atoms with Gasteiger partial charge in [-0.3, -0.25) is 4.79 Å². The van der Waals surface area contributed by atoms with E-state index in [9.17, 15) is 9.18 Å². The fraction of sp³-hybridized carbons (Fsp3) is 0.500. The fourth-order valence-corrected chi connectivity index (χ4v) is 2.56. The number of hydrogen-bond donors (Lipinski definition) is 0. The highest BCUT2D eigenvalue weighted by Gasteiger charge is 2.24. The molecule has 2 rings (SSSR count). The van der Waals surface area contributed by atoms with Gasteiger partial charge in [0.2, 0.25) is 0 Å². The summed E-state index contributed by atoms with van der Waals surface area (Å²) >= 11 is 1.45. The fourth-order valence-electron chi connectivity index (χ4n) is 1.92. The van der Waals surface area contributed by atoms with Crippen LogP contribution in [0.3, 0.4) is 0 Å².